The fourth-order valence-electron chi connectivity index (χ4n) is 4.42. The van der Waals surface area contributed by atoms with Crippen LogP contribution in [0.15, 0.2) is 24.3 Å². The van der Waals surface area contributed by atoms with Crippen molar-refractivity contribution in [2.45, 2.75) is 17.4 Å². The number of alkyl halides is 1. The molecule has 142 valence electrons. The highest BCUT2D eigenvalue weighted by Crippen LogP contribution is 2.60. The Morgan fingerprint density at radius 2 is 2.15 bits per heavy atom. The van der Waals surface area contributed by atoms with Crippen LogP contribution in [0.3, 0.4) is 0 Å². The summed E-state index contributed by atoms with van der Waals surface area (Å²) in [6.07, 6.45) is 0.533. The number of fused-ring (bicyclic) bond motifs is 1. The molecule has 2 aliphatic carbocycles. The molecular formula is C17H15BrN2O7. The highest BCUT2D eigenvalue weighted by Gasteiger charge is 2.68. The lowest BCUT2D eigenvalue weighted by molar-refractivity contribution is -0.384. The summed E-state index contributed by atoms with van der Waals surface area (Å²) in [6, 6.07) is 5.44. The molecule has 4 rings (SSSR count). The highest BCUT2D eigenvalue weighted by molar-refractivity contribution is 9.09. The Morgan fingerprint density at radius 1 is 1.37 bits per heavy atom. The summed E-state index contributed by atoms with van der Waals surface area (Å²) < 4.78 is 10.5. The number of halogens is 1. The number of nitro benzene ring substituents is 1. The number of carbonyl (C=O) groups is 3. The molecule has 9 nitrogen and oxygen atoms in total. The average molecular weight is 439 g/mol. The molecule has 3 aliphatic rings. The van der Waals surface area contributed by atoms with Gasteiger partial charge in [-0.05, 0) is 18.4 Å². The fourth-order valence-corrected chi connectivity index (χ4v) is 5.47. The standard InChI is InChI=1S/C17H15BrN2O7/c18-14-9-5-10-13(17(23)27-15(10)14)12(9)16(22)26-6-11(21)19-7-2-1-3-8(4-7)20(24)25/h1-4,9-10,12-15H,5-6H2,(H,19,21)/t9-,10-,12-,13+,14-,15+/m1/s1. The SMILES string of the molecule is O=C(COC(=O)[C@@H]1[C@H]2C[C@H]3[C@H](OC(=O)[C@@H]31)[C@@H]2Br)Nc1cccc([N+](=O)[O-])c1. The van der Waals surface area contributed by atoms with Gasteiger partial charge in [0.2, 0.25) is 0 Å². The largest absolute Gasteiger partial charge is 0.461 e. The normalized spacial score (nSPS) is 32.9. The molecule has 2 bridgehead atoms. The van der Waals surface area contributed by atoms with E-state index in [-0.39, 0.29) is 40.1 Å². The van der Waals surface area contributed by atoms with Gasteiger partial charge >= 0.3 is 11.9 Å². The number of hydrogen-bond donors (Lipinski definition) is 1. The second-order valence-electron chi connectivity index (χ2n) is 6.92. The number of non-ortho nitro benzene ring substituents is 1. The van der Waals surface area contributed by atoms with E-state index in [1.807, 2.05) is 0 Å². The molecule has 1 aromatic carbocycles. The monoisotopic (exact) mass is 438 g/mol. The quantitative estimate of drug-likeness (QED) is 0.320. The molecule has 0 unspecified atom stereocenters. The molecule has 6 atom stereocenters. The van der Waals surface area contributed by atoms with E-state index in [0.717, 1.165) is 6.42 Å². The van der Waals surface area contributed by atoms with Gasteiger partial charge in [0.25, 0.3) is 11.6 Å². The molecule has 0 aromatic heterocycles. The first kappa shape index (κ1) is 17.9. The number of benzene rings is 1. The van der Waals surface area contributed by atoms with Crippen LogP contribution >= 0.6 is 15.9 Å². The minimum absolute atomic E-state index is 0.0168. The van der Waals surface area contributed by atoms with Crippen LogP contribution in [-0.4, -0.2) is 40.3 Å². The van der Waals surface area contributed by atoms with E-state index in [2.05, 4.69) is 21.2 Å². The van der Waals surface area contributed by atoms with Gasteiger partial charge in [0.15, 0.2) is 6.61 Å². The van der Waals surface area contributed by atoms with Gasteiger partial charge in [0.05, 0.1) is 21.6 Å². The third-order valence-electron chi connectivity index (χ3n) is 5.48. The zero-order valence-corrected chi connectivity index (χ0v) is 15.5. The molecular weight excluding hydrogens is 424 g/mol. The number of anilines is 1. The number of nitrogens with zero attached hydrogens (tertiary/aromatic N) is 1. The molecule has 0 radical (unpaired) electrons. The summed E-state index contributed by atoms with van der Waals surface area (Å²) >= 11 is 3.51. The Hall–Kier alpha value is -2.49. The van der Waals surface area contributed by atoms with Crippen LogP contribution in [-0.2, 0) is 23.9 Å². The molecule has 0 spiro atoms. The summed E-state index contributed by atoms with van der Waals surface area (Å²) in [7, 11) is 0. The van der Waals surface area contributed by atoms with Crippen molar-refractivity contribution in [2.75, 3.05) is 11.9 Å². The Morgan fingerprint density at radius 3 is 2.89 bits per heavy atom. The van der Waals surface area contributed by atoms with Crippen LogP contribution in [0.2, 0.25) is 0 Å². The summed E-state index contributed by atoms with van der Waals surface area (Å²) in [5.41, 5.74) is 0.0670. The van der Waals surface area contributed by atoms with Crippen molar-refractivity contribution in [3.05, 3.63) is 34.4 Å². The Kier molecular flexibility index (Phi) is 4.37. The van der Waals surface area contributed by atoms with Crippen LogP contribution < -0.4 is 5.32 Å². The number of amides is 1. The Labute approximate surface area is 161 Å². The van der Waals surface area contributed by atoms with E-state index in [9.17, 15) is 24.5 Å². The van der Waals surface area contributed by atoms with Crippen LogP contribution in [0, 0.1) is 33.8 Å². The predicted octanol–water partition coefficient (Wildman–Crippen LogP) is 1.65. The van der Waals surface area contributed by atoms with E-state index in [4.69, 9.17) is 9.47 Å². The lowest BCUT2D eigenvalue weighted by Crippen LogP contribution is -2.39. The van der Waals surface area contributed by atoms with Crippen molar-refractivity contribution in [1.29, 1.82) is 0 Å². The summed E-state index contributed by atoms with van der Waals surface area (Å²) in [6.45, 7) is -0.534. The summed E-state index contributed by atoms with van der Waals surface area (Å²) in [5.74, 6) is -2.74. The smallest absolute Gasteiger partial charge is 0.310 e. The molecule has 1 amide bonds. The zero-order chi connectivity index (χ0) is 19.3. The van der Waals surface area contributed by atoms with Gasteiger partial charge in [-0.25, -0.2) is 0 Å². The van der Waals surface area contributed by atoms with Crippen molar-refractivity contribution in [1.82, 2.24) is 0 Å². The average Bonchev–Trinajstić information content (AvgIpc) is 3.24. The first-order valence-electron chi connectivity index (χ1n) is 8.42. The molecule has 1 N–H and O–H groups in total. The van der Waals surface area contributed by atoms with Crippen molar-refractivity contribution in [3.8, 4) is 0 Å². The van der Waals surface area contributed by atoms with E-state index in [1.54, 1.807) is 0 Å². The van der Waals surface area contributed by atoms with Gasteiger partial charge in [0, 0.05) is 23.7 Å². The first-order chi connectivity index (χ1) is 12.9. The van der Waals surface area contributed by atoms with Crippen molar-refractivity contribution >= 4 is 45.2 Å². The molecule has 1 aliphatic heterocycles. The highest BCUT2D eigenvalue weighted by atomic mass is 79.9. The molecule has 2 saturated carbocycles. The maximum atomic E-state index is 12.5. The third kappa shape index (κ3) is 2.97. The van der Waals surface area contributed by atoms with Crippen molar-refractivity contribution in [3.63, 3.8) is 0 Å². The topological polar surface area (TPSA) is 125 Å². The van der Waals surface area contributed by atoms with E-state index in [0.29, 0.717) is 0 Å². The van der Waals surface area contributed by atoms with Gasteiger partial charge < -0.3 is 14.8 Å². The molecule has 3 fully saturated rings. The molecule has 1 saturated heterocycles. The van der Waals surface area contributed by atoms with Gasteiger partial charge in [-0.15, -0.1) is 0 Å². The minimum atomic E-state index is -0.616. The Bertz CT molecular complexity index is 844. The van der Waals surface area contributed by atoms with E-state index in [1.165, 1.54) is 24.3 Å². The summed E-state index contributed by atoms with van der Waals surface area (Å²) in [4.78, 5) is 46.6. The molecule has 1 aromatic rings. The maximum Gasteiger partial charge on any atom is 0.310 e. The maximum absolute atomic E-state index is 12.5. The van der Waals surface area contributed by atoms with Crippen LogP contribution in [0.1, 0.15) is 6.42 Å². The first-order valence-corrected chi connectivity index (χ1v) is 9.34. The van der Waals surface area contributed by atoms with Crippen LogP contribution in [0.5, 0.6) is 0 Å². The molecule has 27 heavy (non-hydrogen) atoms. The van der Waals surface area contributed by atoms with Gasteiger partial charge in [-0.3, -0.25) is 24.5 Å². The van der Waals surface area contributed by atoms with E-state index < -0.39 is 35.2 Å². The van der Waals surface area contributed by atoms with Gasteiger partial charge in [0.1, 0.15) is 6.10 Å². The number of carbonyl (C=O) groups excluding carboxylic acids is 3. The Balaban J connectivity index is 1.36. The number of ether oxygens (including phenoxy) is 2. The van der Waals surface area contributed by atoms with Crippen LogP contribution in [0.4, 0.5) is 11.4 Å². The van der Waals surface area contributed by atoms with Gasteiger partial charge in [-0.1, -0.05) is 22.0 Å². The van der Waals surface area contributed by atoms with Gasteiger partial charge in [-0.2, -0.15) is 0 Å². The van der Waals surface area contributed by atoms with Crippen LogP contribution in [0.25, 0.3) is 0 Å². The number of nitro groups is 1. The van der Waals surface area contributed by atoms with E-state index >= 15 is 0 Å². The predicted molar refractivity (Wildman–Crippen MR) is 93.9 cm³/mol. The second-order valence-corrected chi connectivity index (χ2v) is 7.98. The molecule has 1 heterocycles. The lowest BCUT2D eigenvalue weighted by Gasteiger charge is -2.26. The third-order valence-corrected chi connectivity index (χ3v) is 6.68. The number of rotatable bonds is 5. The lowest BCUT2D eigenvalue weighted by atomic mass is 9.80. The molecule has 10 heteroatoms. The fraction of sp³-hybridized carbons (Fsp3) is 0.471. The number of esters is 2. The van der Waals surface area contributed by atoms with Crippen molar-refractivity contribution in [2.24, 2.45) is 23.7 Å². The second kappa shape index (κ2) is 6.59. The zero-order valence-electron chi connectivity index (χ0n) is 13.9. The summed E-state index contributed by atoms with van der Waals surface area (Å²) in [5, 5.41) is 13.2. The number of hydrogen-bond acceptors (Lipinski definition) is 7. The van der Waals surface area contributed by atoms with Crippen molar-refractivity contribution < 1.29 is 28.8 Å². The minimum Gasteiger partial charge on any atom is -0.461 e. The number of nitrogens with one attached hydrogen (secondary N) is 1.